The SMILES string of the molecule is CC/C=C\C/C=C\C/C=C\C/C=C\C/C=C\C/C=C\C/C=C\CCCCCCCCCCCCCCCCCCCCCC(=O)NC(CO)C(O)CCCCCCCC. The van der Waals surface area contributed by atoms with Gasteiger partial charge in [-0.1, -0.05) is 247 Å². The van der Waals surface area contributed by atoms with Crippen molar-refractivity contribution in [3.05, 3.63) is 85.1 Å². The Morgan fingerprint density at radius 2 is 0.746 bits per heavy atom. The first-order valence-electron chi connectivity index (χ1n) is 25.3. The fraction of sp³-hybridized carbons (Fsp3) is 0.727. The molecule has 0 aliphatic rings. The van der Waals surface area contributed by atoms with Crippen molar-refractivity contribution in [3.63, 3.8) is 0 Å². The Balaban J connectivity index is 3.42. The van der Waals surface area contributed by atoms with Gasteiger partial charge in [-0.25, -0.2) is 0 Å². The van der Waals surface area contributed by atoms with Crippen LogP contribution in [0.25, 0.3) is 0 Å². The van der Waals surface area contributed by atoms with E-state index in [-0.39, 0.29) is 12.5 Å². The highest BCUT2D eigenvalue weighted by molar-refractivity contribution is 5.76. The van der Waals surface area contributed by atoms with Gasteiger partial charge in [0.05, 0.1) is 18.8 Å². The maximum absolute atomic E-state index is 12.3. The molecular formula is C55H97NO3. The minimum Gasteiger partial charge on any atom is -0.394 e. The van der Waals surface area contributed by atoms with Crippen LogP contribution in [0.5, 0.6) is 0 Å². The van der Waals surface area contributed by atoms with Crippen LogP contribution in [0.1, 0.15) is 239 Å². The summed E-state index contributed by atoms with van der Waals surface area (Å²) in [5.41, 5.74) is 0. The molecule has 4 nitrogen and oxygen atoms in total. The first-order valence-corrected chi connectivity index (χ1v) is 25.3. The van der Waals surface area contributed by atoms with Gasteiger partial charge in [0, 0.05) is 6.42 Å². The van der Waals surface area contributed by atoms with E-state index in [1.54, 1.807) is 0 Å². The lowest BCUT2D eigenvalue weighted by molar-refractivity contribution is -0.123. The molecule has 0 aromatic rings. The molecule has 0 rings (SSSR count). The highest BCUT2D eigenvalue weighted by Gasteiger charge is 2.20. The molecule has 3 N–H and O–H groups in total. The van der Waals surface area contributed by atoms with Crippen molar-refractivity contribution in [2.24, 2.45) is 0 Å². The molecule has 0 aliphatic heterocycles. The number of carbonyl (C=O) groups is 1. The Morgan fingerprint density at radius 3 is 1.12 bits per heavy atom. The van der Waals surface area contributed by atoms with Crippen LogP contribution >= 0.6 is 0 Å². The van der Waals surface area contributed by atoms with E-state index in [9.17, 15) is 15.0 Å². The first kappa shape index (κ1) is 56.6. The van der Waals surface area contributed by atoms with Gasteiger partial charge < -0.3 is 15.5 Å². The Bertz CT molecular complexity index is 1070. The van der Waals surface area contributed by atoms with Crippen molar-refractivity contribution in [2.45, 2.75) is 251 Å². The first-order chi connectivity index (χ1) is 29.2. The lowest BCUT2D eigenvalue weighted by Crippen LogP contribution is -2.45. The Morgan fingerprint density at radius 1 is 0.424 bits per heavy atom. The van der Waals surface area contributed by atoms with Crippen LogP contribution in [0, 0.1) is 0 Å². The fourth-order valence-electron chi connectivity index (χ4n) is 7.34. The maximum atomic E-state index is 12.3. The van der Waals surface area contributed by atoms with Gasteiger partial charge in [-0.05, 0) is 70.6 Å². The molecule has 0 spiro atoms. The van der Waals surface area contributed by atoms with Gasteiger partial charge in [0.15, 0.2) is 0 Å². The highest BCUT2D eigenvalue weighted by Crippen LogP contribution is 2.16. The molecule has 1 amide bonds. The third-order valence-corrected chi connectivity index (χ3v) is 11.2. The number of aliphatic hydroxyl groups excluding tert-OH is 2. The molecule has 0 radical (unpaired) electrons. The number of nitrogens with one attached hydrogen (secondary N) is 1. The predicted octanol–water partition coefficient (Wildman–Crippen LogP) is 16.4. The van der Waals surface area contributed by atoms with Gasteiger partial charge in [-0.2, -0.15) is 0 Å². The number of aliphatic hydroxyl groups is 2. The van der Waals surface area contributed by atoms with Crippen LogP contribution in [0.4, 0.5) is 0 Å². The van der Waals surface area contributed by atoms with E-state index < -0.39 is 12.1 Å². The normalized spacial score (nSPS) is 13.6. The second-order valence-corrected chi connectivity index (χ2v) is 16.9. The van der Waals surface area contributed by atoms with Gasteiger partial charge in [-0.3, -0.25) is 4.79 Å². The Kier molecular flexibility index (Phi) is 47.9. The molecule has 0 bridgehead atoms. The molecule has 0 heterocycles. The number of rotatable bonds is 45. The number of hydrogen-bond donors (Lipinski definition) is 3. The lowest BCUT2D eigenvalue weighted by atomic mass is 10.0. The molecule has 340 valence electrons. The van der Waals surface area contributed by atoms with Gasteiger partial charge in [0.1, 0.15) is 0 Å². The fourth-order valence-corrected chi connectivity index (χ4v) is 7.34. The van der Waals surface area contributed by atoms with Crippen LogP contribution < -0.4 is 5.32 Å². The van der Waals surface area contributed by atoms with Crippen LogP contribution in [0.15, 0.2) is 85.1 Å². The molecule has 2 atom stereocenters. The summed E-state index contributed by atoms with van der Waals surface area (Å²) in [6.07, 6.45) is 73.0. The summed E-state index contributed by atoms with van der Waals surface area (Å²) < 4.78 is 0. The van der Waals surface area contributed by atoms with Crippen molar-refractivity contribution in [2.75, 3.05) is 6.61 Å². The molecule has 2 unspecified atom stereocenters. The van der Waals surface area contributed by atoms with Gasteiger partial charge in [0.2, 0.25) is 5.91 Å². The summed E-state index contributed by atoms with van der Waals surface area (Å²) in [5, 5.41) is 22.9. The number of amides is 1. The van der Waals surface area contributed by atoms with E-state index in [0.717, 1.165) is 70.6 Å². The standard InChI is InChI=1S/C55H97NO3/c1-3-5-7-9-11-12-13-14-15-16-17-18-19-20-21-22-23-24-25-26-27-28-29-30-31-32-33-34-35-36-37-38-39-40-41-42-43-44-45-47-49-51-55(59)56-53(52-57)54(58)50-48-46-10-8-6-4-2/h5,7,11-12,14-15,17-18,20-21,23-24,26-27,53-54,57-58H,3-4,6,8-10,13,16,19,22,25,28-52H2,1-2H3,(H,56,59)/b7-5-,12-11-,15-14-,18-17-,21-20-,24-23-,27-26-. The topological polar surface area (TPSA) is 69.6 Å². The summed E-state index contributed by atoms with van der Waals surface area (Å²) in [7, 11) is 0. The molecule has 4 heteroatoms. The zero-order chi connectivity index (χ0) is 42.8. The van der Waals surface area contributed by atoms with Crippen LogP contribution in [0.3, 0.4) is 0 Å². The summed E-state index contributed by atoms with van der Waals surface area (Å²) in [6.45, 7) is 4.18. The third-order valence-electron chi connectivity index (χ3n) is 11.2. The molecule has 0 fully saturated rings. The summed E-state index contributed by atoms with van der Waals surface area (Å²) >= 11 is 0. The van der Waals surface area contributed by atoms with Gasteiger partial charge in [-0.15, -0.1) is 0 Å². The molecule has 0 saturated heterocycles. The lowest BCUT2D eigenvalue weighted by Gasteiger charge is -2.22. The monoisotopic (exact) mass is 820 g/mol. The van der Waals surface area contributed by atoms with Crippen LogP contribution in [-0.2, 0) is 4.79 Å². The predicted molar refractivity (Wildman–Crippen MR) is 262 cm³/mol. The van der Waals surface area contributed by atoms with E-state index in [2.05, 4.69) is 104 Å². The minimum atomic E-state index is -0.656. The average Bonchev–Trinajstić information content (AvgIpc) is 3.24. The van der Waals surface area contributed by atoms with E-state index in [1.165, 1.54) is 141 Å². The molecular weight excluding hydrogens is 723 g/mol. The molecule has 0 aromatic carbocycles. The van der Waals surface area contributed by atoms with Crippen molar-refractivity contribution < 1.29 is 15.0 Å². The van der Waals surface area contributed by atoms with Gasteiger partial charge >= 0.3 is 0 Å². The molecule has 0 saturated carbocycles. The van der Waals surface area contributed by atoms with Crippen LogP contribution in [-0.4, -0.2) is 34.9 Å². The van der Waals surface area contributed by atoms with E-state index in [1.807, 2.05) is 0 Å². The number of unbranched alkanes of at least 4 members (excludes halogenated alkanes) is 24. The van der Waals surface area contributed by atoms with Crippen molar-refractivity contribution >= 4 is 5.91 Å². The van der Waals surface area contributed by atoms with Gasteiger partial charge in [0.25, 0.3) is 0 Å². The number of allylic oxidation sites excluding steroid dienone is 14. The largest absolute Gasteiger partial charge is 0.394 e. The van der Waals surface area contributed by atoms with Crippen molar-refractivity contribution in [1.29, 1.82) is 0 Å². The third kappa shape index (κ3) is 46.5. The smallest absolute Gasteiger partial charge is 0.220 e. The zero-order valence-electron chi connectivity index (χ0n) is 39.0. The Labute approximate surface area is 367 Å². The summed E-state index contributed by atoms with van der Waals surface area (Å²) in [6, 6.07) is -0.534. The summed E-state index contributed by atoms with van der Waals surface area (Å²) in [5.74, 6) is -0.0372. The van der Waals surface area contributed by atoms with E-state index in [0.29, 0.717) is 12.8 Å². The second-order valence-electron chi connectivity index (χ2n) is 16.9. The molecule has 0 aliphatic carbocycles. The molecule has 0 aromatic heterocycles. The zero-order valence-corrected chi connectivity index (χ0v) is 39.0. The second kappa shape index (κ2) is 49.9. The highest BCUT2D eigenvalue weighted by atomic mass is 16.3. The van der Waals surface area contributed by atoms with Crippen molar-refractivity contribution in [3.8, 4) is 0 Å². The Hall–Kier alpha value is -2.43. The quantitative estimate of drug-likeness (QED) is 0.0423. The summed E-state index contributed by atoms with van der Waals surface area (Å²) in [4.78, 5) is 12.3. The van der Waals surface area contributed by atoms with Crippen molar-refractivity contribution in [1.82, 2.24) is 5.32 Å². The van der Waals surface area contributed by atoms with Crippen LogP contribution in [0.2, 0.25) is 0 Å². The minimum absolute atomic E-state index is 0.0372. The molecule has 59 heavy (non-hydrogen) atoms. The number of carbonyl (C=O) groups excluding carboxylic acids is 1. The average molecular weight is 820 g/mol. The maximum Gasteiger partial charge on any atom is 0.220 e. The number of hydrogen-bond acceptors (Lipinski definition) is 3. The van der Waals surface area contributed by atoms with E-state index in [4.69, 9.17) is 0 Å². The van der Waals surface area contributed by atoms with E-state index >= 15 is 0 Å².